The third-order valence-corrected chi connectivity index (χ3v) is 5.67. The van der Waals surface area contributed by atoms with Crippen molar-refractivity contribution in [1.82, 2.24) is 0 Å². The van der Waals surface area contributed by atoms with E-state index in [1.807, 2.05) is 72.8 Å². The van der Waals surface area contributed by atoms with Crippen LogP contribution in [0.3, 0.4) is 0 Å². The van der Waals surface area contributed by atoms with Crippen molar-refractivity contribution in [2.45, 2.75) is 13.0 Å². The van der Waals surface area contributed by atoms with Crippen LogP contribution in [0.25, 0.3) is 11.8 Å². The molecule has 0 saturated carbocycles. The molecular weight excluding hydrogens is 480 g/mol. The van der Waals surface area contributed by atoms with Gasteiger partial charge in [-0.25, -0.2) is 4.79 Å². The normalized spacial score (nSPS) is 14.1. The molecule has 3 aromatic rings. The van der Waals surface area contributed by atoms with Gasteiger partial charge in [0, 0.05) is 15.6 Å². The zero-order valence-corrected chi connectivity index (χ0v) is 19.8. The number of cyclic esters (lactones) is 1. The minimum absolute atomic E-state index is 0.387. The number of allylic oxidation sites excluding steroid dienone is 1. The third-order valence-electron chi connectivity index (χ3n) is 5.14. The van der Waals surface area contributed by atoms with Gasteiger partial charge in [-0.1, -0.05) is 64.5 Å². The van der Waals surface area contributed by atoms with E-state index in [2.05, 4.69) is 22.5 Å². The molecule has 0 aromatic heterocycles. The molecule has 0 fully saturated rings. The molecule has 5 heteroatoms. The first kappa shape index (κ1) is 22.6. The molecule has 4 rings (SSSR count). The van der Waals surface area contributed by atoms with E-state index in [0.717, 1.165) is 26.7 Å². The second-order valence-electron chi connectivity index (χ2n) is 7.48. The van der Waals surface area contributed by atoms with Crippen molar-refractivity contribution >= 4 is 33.7 Å². The number of rotatable bonds is 8. The summed E-state index contributed by atoms with van der Waals surface area (Å²) in [6, 6.07) is 21.4. The maximum absolute atomic E-state index is 12.5. The van der Waals surface area contributed by atoms with Crippen LogP contribution in [0.15, 0.2) is 95.5 Å². The Hall–Kier alpha value is -3.57. The summed E-state index contributed by atoms with van der Waals surface area (Å²) in [6.45, 7) is 4.29. The molecule has 0 N–H and O–H groups in total. The van der Waals surface area contributed by atoms with Crippen molar-refractivity contribution in [2.24, 2.45) is 0 Å². The second kappa shape index (κ2) is 10.4. The van der Waals surface area contributed by atoms with Crippen molar-refractivity contribution in [3.63, 3.8) is 0 Å². The Bertz CT molecular complexity index is 1220. The van der Waals surface area contributed by atoms with Crippen LogP contribution in [0, 0.1) is 0 Å². The van der Waals surface area contributed by atoms with Crippen molar-refractivity contribution in [3.8, 4) is 11.5 Å². The minimum Gasteiger partial charge on any atom is -0.493 e. The van der Waals surface area contributed by atoms with E-state index in [1.54, 1.807) is 19.3 Å². The molecule has 0 bridgehead atoms. The molecule has 0 aliphatic carbocycles. The zero-order valence-electron chi connectivity index (χ0n) is 18.2. The van der Waals surface area contributed by atoms with Crippen molar-refractivity contribution in [2.75, 3.05) is 7.11 Å². The minimum atomic E-state index is -0.387. The average molecular weight is 503 g/mol. The lowest BCUT2D eigenvalue weighted by Crippen LogP contribution is -2.02. The van der Waals surface area contributed by atoms with Crippen LogP contribution >= 0.6 is 15.9 Å². The molecule has 3 aromatic carbocycles. The number of methoxy groups -OCH3 is 1. The van der Waals surface area contributed by atoms with Crippen LogP contribution in [-0.4, -0.2) is 13.1 Å². The highest BCUT2D eigenvalue weighted by atomic mass is 79.9. The summed E-state index contributed by atoms with van der Waals surface area (Å²) in [5.41, 5.74) is 4.11. The van der Waals surface area contributed by atoms with Gasteiger partial charge in [0.05, 0.1) is 12.7 Å². The number of ether oxygens (including phenoxy) is 3. The second-order valence-corrected chi connectivity index (χ2v) is 8.40. The number of hydrogen-bond donors (Lipinski definition) is 0. The van der Waals surface area contributed by atoms with E-state index >= 15 is 0 Å². The van der Waals surface area contributed by atoms with Gasteiger partial charge in [0.25, 0.3) is 0 Å². The van der Waals surface area contributed by atoms with Crippen LogP contribution in [0.1, 0.15) is 22.3 Å². The predicted molar refractivity (Wildman–Crippen MR) is 134 cm³/mol. The molecule has 1 aliphatic rings. The van der Waals surface area contributed by atoms with Crippen LogP contribution in [0.5, 0.6) is 11.5 Å². The Morgan fingerprint density at radius 1 is 1.06 bits per heavy atom. The van der Waals surface area contributed by atoms with Gasteiger partial charge in [-0.15, -0.1) is 6.58 Å². The third kappa shape index (κ3) is 5.44. The van der Waals surface area contributed by atoms with Gasteiger partial charge < -0.3 is 14.2 Å². The Kier molecular flexibility index (Phi) is 7.10. The largest absolute Gasteiger partial charge is 0.493 e. The first-order chi connectivity index (χ1) is 16.1. The Morgan fingerprint density at radius 2 is 1.82 bits per heavy atom. The lowest BCUT2D eigenvalue weighted by molar-refractivity contribution is -0.130. The van der Waals surface area contributed by atoms with Gasteiger partial charge in [-0.05, 0) is 54.0 Å². The number of hydrogen-bond acceptors (Lipinski definition) is 4. The summed E-state index contributed by atoms with van der Waals surface area (Å²) in [5, 5.41) is 0. The van der Waals surface area contributed by atoms with Gasteiger partial charge in [-0.2, -0.15) is 0 Å². The smallest absolute Gasteiger partial charge is 0.343 e. The summed E-state index contributed by atoms with van der Waals surface area (Å²) in [7, 11) is 1.61. The number of carbonyl (C=O) groups is 1. The van der Waals surface area contributed by atoms with Crippen molar-refractivity contribution in [3.05, 3.63) is 118 Å². The van der Waals surface area contributed by atoms with Gasteiger partial charge >= 0.3 is 5.97 Å². The van der Waals surface area contributed by atoms with Gasteiger partial charge in [0.15, 0.2) is 11.5 Å². The average Bonchev–Trinajstić information content (AvgIpc) is 3.19. The van der Waals surface area contributed by atoms with E-state index < -0.39 is 0 Å². The fourth-order valence-electron chi connectivity index (χ4n) is 3.54. The number of benzene rings is 3. The summed E-state index contributed by atoms with van der Waals surface area (Å²) < 4.78 is 18.2. The highest BCUT2D eigenvalue weighted by molar-refractivity contribution is 9.10. The Morgan fingerprint density at radius 3 is 2.52 bits per heavy atom. The molecular formula is C28H23BrO4. The standard InChI is InChI=1S/C28H23BrO4/c1-3-7-22-14-20(16-26(31-2)27(22)32-18-19-8-5-4-6-9-19)15-23-17-25(33-28(23)30)21-10-12-24(29)13-11-21/h3-6,8-17H,1,7,18H2,2H3/b23-15+. The van der Waals surface area contributed by atoms with E-state index in [-0.39, 0.29) is 5.97 Å². The van der Waals surface area contributed by atoms with Crippen LogP contribution in [-0.2, 0) is 22.6 Å². The molecule has 0 atom stereocenters. The summed E-state index contributed by atoms with van der Waals surface area (Å²) in [4.78, 5) is 12.5. The SMILES string of the molecule is C=CCc1cc(/C=C2\C=C(c3ccc(Br)cc3)OC2=O)cc(OC)c1OCc1ccccc1. The number of esters is 1. The van der Waals surface area contributed by atoms with E-state index in [4.69, 9.17) is 14.2 Å². The lowest BCUT2D eigenvalue weighted by atomic mass is 10.0. The van der Waals surface area contributed by atoms with Gasteiger partial charge in [0.1, 0.15) is 12.4 Å². The summed E-state index contributed by atoms with van der Waals surface area (Å²) in [5.74, 6) is 1.41. The molecule has 0 amide bonds. The van der Waals surface area contributed by atoms with Crippen LogP contribution < -0.4 is 9.47 Å². The molecule has 0 unspecified atom stereocenters. The van der Waals surface area contributed by atoms with Crippen LogP contribution in [0.4, 0.5) is 0 Å². The topological polar surface area (TPSA) is 44.8 Å². The highest BCUT2D eigenvalue weighted by Gasteiger charge is 2.22. The molecule has 33 heavy (non-hydrogen) atoms. The highest BCUT2D eigenvalue weighted by Crippen LogP contribution is 2.36. The first-order valence-corrected chi connectivity index (χ1v) is 11.3. The molecule has 1 heterocycles. The quantitative estimate of drug-likeness (QED) is 0.194. The lowest BCUT2D eigenvalue weighted by Gasteiger charge is -2.16. The Labute approximate surface area is 201 Å². The molecule has 0 saturated heterocycles. The van der Waals surface area contributed by atoms with Crippen LogP contribution in [0.2, 0.25) is 0 Å². The summed E-state index contributed by atoms with van der Waals surface area (Å²) >= 11 is 3.42. The molecule has 4 nitrogen and oxygen atoms in total. The first-order valence-electron chi connectivity index (χ1n) is 10.5. The molecule has 166 valence electrons. The molecule has 0 radical (unpaired) electrons. The van der Waals surface area contributed by atoms with E-state index in [0.29, 0.717) is 35.9 Å². The maximum atomic E-state index is 12.5. The number of halogens is 1. The maximum Gasteiger partial charge on any atom is 0.343 e. The zero-order chi connectivity index (χ0) is 23.2. The predicted octanol–water partition coefficient (Wildman–Crippen LogP) is 6.75. The summed E-state index contributed by atoms with van der Waals surface area (Å²) in [6.07, 6.45) is 5.97. The fourth-order valence-corrected chi connectivity index (χ4v) is 3.81. The van der Waals surface area contributed by atoms with Crippen molar-refractivity contribution in [1.29, 1.82) is 0 Å². The fraction of sp³-hybridized carbons (Fsp3) is 0.107. The van der Waals surface area contributed by atoms with E-state index in [9.17, 15) is 4.79 Å². The van der Waals surface area contributed by atoms with E-state index in [1.165, 1.54) is 0 Å². The molecule has 0 spiro atoms. The number of carbonyl (C=O) groups excluding carboxylic acids is 1. The molecule has 1 aliphatic heterocycles. The monoisotopic (exact) mass is 502 g/mol. The van der Waals surface area contributed by atoms with Crippen molar-refractivity contribution < 1.29 is 19.0 Å². The van der Waals surface area contributed by atoms with Gasteiger partial charge in [0.2, 0.25) is 0 Å². The van der Waals surface area contributed by atoms with Gasteiger partial charge in [-0.3, -0.25) is 0 Å². The Balaban J connectivity index is 1.65.